The van der Waals surface area contributed by atoms with Gasteiger partial charge in [0.05, 0.1) is 19.8 Å². The van der Waals surface area contributed by atoms with Gasteiger partial charge in [0.15, 0.2) is 5.79 Å². The van der Waals surface area contributed by atoms with Crippen molar-refractivity contribution in [2.45, 2.75) is 24.9 Å². The summed E-state index contributed by atoms with van der Waals surface area (Å²) in [4.78, 5) is 12.9. The van der Waals surface area contributed by atoms with Gasteiger partial charge in [0.25, 0.3) is 0 Å². The summed E-state index contributed by atoms with van der Waals surface area (Å²) < 4.78 is 15.9. The number of hydrogen-bond donors (Lipinski definition) is 1. The predicted octanol–water partition coefficient (Wildman–Crippen LogP) is 0.466. The van der Waals surface area contributed by atoms with E-state index in [1.165, 1.54) is 11.0 Å². The SMILES string of the molecule is C=CCOC(=O)N1CC2(CCC1O)OCCO2. The first-order valence-electron chi connectivity index (χ1n) is 5.67. The fourth-order valence-corrected chi connectivity index (χ4v) is 2.08. The summed E-state index contributed by atoms with van der Waals surface area (Å²) in [6.45, 7) is 4.82. The number of carbonyl (C=O) groups excluding carboxylic acids is 1. The smallest absolute Gasteiger partial charge is 0.412 e. The van der Waals surface area contributed by atoms with Gasteiger partial charge in [-0.25, -0.2) is 4.79 Å². The molecule has 2 saturated heterocycles. The molecule has 1 amide bonds. The topological polar surface area (TPSA) is 68.2 Å². The van der Waals surface area contributed by atoms with Crippen LogP contribution in [-0.4, -0.2) is 54.5 Å². The van der Waals surface area contributed by atoms with Crippen molar-refractivity contribution in [1.29, 1.82) is 0 Å². The molecule has 2 fully saturated rings. The molecule has 2 rings (SSSR count). The van der Waals surface area contributed by atoms with E-state index in [2.05, 4.69) is 6.58 Å². The number of aliphatic hydroxyl groups is 1. The van der Waals surface area contributed by atoms with Crippen LogP contribution in [0, 0.1) is 0 Å². The lowest BCUT2D eigenvalue weighted by molar-refractivity contribution is -0.211. The van der Waals surface area contributed by atoms with Crippen LogP contribution >= 0.6 is 0 Å². The van der Waals surface area contributed by atoms with Gasteiger partial charge in [0, 0.05) is 6.42 Å². The highest BCUT2D eigenvalue weighted by Gasteiger charge is 2.45. The highest BCUT2D eigenvalue weighted by atomic mass is 16.7. The summed E-state index contributed by atoms with van der Waals surface area (Å²) in [7, 11) is 0. The zero-order chi connectivity index (χ0) is 12.3. The minimum atomic E-state index is -0.842. The molecule has 0 aromatic rings. The lowest BCUT2D eigenvalue weighted by Crippen LogP contribution is -2.55. The second-order valence-electron chi connectivity index (χ2n) is 4.12. The van der Waals surface area contributed by atoms with Crippen molar-refractivity contribution in [2.75, 3.05) is 26.4 Å². The van der Waals surface area contributed by atoms with E-state index in [0.29, 0.717) is 26.1 Å². The Bertz CT molecular complexity index is 300. The zero-order valence-corrected chi connectivity index (χ0v) is 9.63. The number of hydrogen-bond acceptors (Lipinski definition) is 5. The molecule has 1 atom stereocenters. The summed E-state index contributed by atoms with van der Waals surface area (Å²) in [6.07, 6.45) is 1.07. The van der Waals surface area contributed by atoms with E-state index in [1.54, 1.807) is 0 Å². The Hall–Kier alpha value is -1.11. The molecule has 2 heterocycles. The van der Waals surface area contributed by atoms with Crippen LogP contribution in [0.15, 0.2) is 12.7 Å². The van der Waals surface area contributed by atoms with Gasteiger partial charge in [-0.05, 0) is 6.42 Å². The highest BCUT2D eigenvalue weighted by Crippen LogP contribution is 2.32. The Labute approximate surface area is 99.7 Å². The first-order chi connectivity index (χ1) is 8.17. The maximum atomic E-state index is 11.7. The number of piperidine rings is 1. The molecule has 2 aliphatic rings. The van der Waals surface area contributed by atoms with E-state index >= 15 is 0 Å². The molecule has 0 aromatic carbocycles. The summed E-state index contributed by atoms with van der Waals surface area (Å²) in [5.41, 5.74) is 0. The van der Waals surface area contributed by atoms with Crippen LogP contribution < -0.4 is 0 Å². The fourth-order valence-electron chi connectivity index (χ4n) is 2.08. The molecule has 6 heteroatoms. The van der Waals surface area contributed by atoms with Crippen molar-refractivity contribution < 1.29 is 24.1 Å². The molecule has 0 aromatic heterocycles. The van der Waals surface area contributed by atoms with Gasteiger partial charge >= 0.3 is 6.09 Å². The Morgan fingerprint density at radius 3 is 2.94 bits per heavy atom. The zero-order valence-electron chi connectivity index (χ0n) is 9.63. The number of rotatable bonds is 2. The average Bonchev–Trinajstić information content (AvgIpc) is 2.78. The molecule has 96 valence electrons. The Balaban J connectivity index is 1.99. The van der Waals surface area contributed by atoms with Crippen LogP contribution in [0.5, 0.6) is 0 Å². The van der Waals surface area contributed by atoms with Gasteiger partial charge in [-0.1, -0.05) is 12.7 Å². The summed E-state index contributed by atoms with van der Waals surface area (Å²) in [5.74, 6) is -0.758. The lowest BCUT2D eigenvalue weighted by atomic mass is 10.0. The minimum absolute atomic E-state index is 0.122. The first kappa shape index (κ1) is 12.3. The molecule has 1 unspecified atom stereocenters. The highest BCUT2D eigenvalue weighted by molar-refractivity contribution is 5.68. The van der Waals surface area contributed by atoms with E-state index in [4.69, 9.17) is 14.2 Å². The third-order valence-corrected chi connectivity index (χ3v) is 2.93. The molecule has 1 spiro atoms. The van der Waals surface area contributed by atoms with E-state index in [-0.39, 0.29) is 13.2 Å². The molecule has 0 bridgehead atoms. The molecule has 2 aliphatic heterocycles. The van der Waals surface area contributed by atoms with Gasteiger partial charge in [-0.2, -0.15) is 0 Å². The molecule has 0 radical (unpaired) electrons. The Morgan fingerprint density at radius 2 is 2.29 bits per heavy atom. The number of likely N-dealkylation sites (tertiary alicyclic amines) is 1. The molecular formula is C11H17NO5. The van der Waals surface area contributed by atoms with Crippen molar-refractivity contribution in [3.05, 3.63) is 12.7 Å². The molecule has 1 N–H and O–H groups in total. The van der Waals surface area contributed by atoms with Crippen LogP contribution in [0.1, 0.15) is 12.8 Å². The average molecular weight is 243 g/mol. The fraction of sp³-hybridized carbons (Fsp3) is 0.727. The minimum Gasteiger partial charge on any atom is -0.445 e. The summed E-state index contributed by atoms with van der Waals surface area (Å²) in [6, 6.07) is 0. The van der Waals surface area contributed by atoms with Gasteiger partial charge in [-0.3, -0.25) is 4.90 Å². The molecular weight excluding hydrogens is 226 g/mol. The summed E-state index contributed by atoms with van der Waals surface area (Å²) >= 11 is 0. The lowest BCUT2D eigenvalue weighted by Gasteiger charge is -2.40. The maximum Gasteiger partial charge on any atom is 0.412 e. The van der Waals surface area contributed by atoms with E-state index in [0.717, 1.165) is 0 Å². The van der Waals surface area contributed by atoms with Crippen LogP contribution in [-0.2, 0) is 14.2 Å². The third-order valence-electron chi connectivity index (χ3n) is 2.93. The van der Waals surface area contributed by atoms with Crippen LogP contribution in [0.3, 0.4) is 0 Å². The van der Waals surface area contributed by atoms with E-state index < -0.39 is 18.1 Å². The molecule has 17 heavy (non-hydrogen) atoms. The Kier molecular flexibility index (Phi) is 3.66. The van der Waals surface area contributed by atoms with Gasteiger partial charge in [0.2, 0.25) is 0 Å². The van der Waals surface area contributed by atoms with Gasteiger partial charge in [-0.15, -0.1) is 0 Å². The van der Waals surface area contributed by atoms with E-state index in [1.807, 2.05) is 0 Å². The second-order valence-corrected chi connectivity index (χ2v) is 4.12. The van der Waals surface area contributed by atoms with Crippen LogP contribution in [0.2, 0.25) is 0 Å². The first-order valence-corrected chi connectivity index (χ1v) is 5.67. The number of aliphatic hydroxyl groups excluding tert-OH is 1. The predicted molar refractivity (Wildman–Crippen MR) is 58.1 cm³/mol. The van der Waals surface area contributed by atoms with Crippen molar-refractivity contribution >= 4 is 6.09 Å². The molecule has 0 aliphatic carbocycles. The van der Waals surface area contributed by atoms with E-state index in [9.17, 15) is 9.90 Å². The molecule has 0 saturated carbocycles. The van der Waals surface area contributed by atoms with Crippen molar-refractivity contribution in [3.63, 3.8) is 0 Å². The normalized spacial score (nSPS) is 27.1. The number of ether oxygens (including phenoxy) is 3. The van der Waals surface area contributed by atoms with Crippen LogP contribution in [0.4, 0.5) is 4.79 Å². The van der Waals surface area contributed by atoms with Gasteiger partial charge in [0.1, 0.15) is 12.8 Å². The van der Waals surface area contributed by atoms with Crippen molar-refractivity contribution in [3.8, 4) is 0 Å². The number of nitrogens with zero attached hydrogens (tertiary/aromatic N) is 1. The Morgan fingerprint density at radius 1 is 1.59 bits per heavy atom. The van der Waals surface area contributed by atoms with Gasteiger partial charge < -0.3 is 19.3 Å². The maximum absolute atomic E-state index is 11.7. The standard InChI is InChI=1S/C11H17NO5/c1-2-5-15-10(14)12-8-11(4-3-9(12)13)16-6-7-17-11/h2,9,13H,1,3-8H2. The van der Waals surface area contributed by atoms with Crippen molar-refractivity contribution in [2.24, 2.45) is 0 Å². The number of amides is 1. The quantitative estimate of drug-likeness (QED) is 0.714. The monoisotopic (exact) mass is 243 g/mol. The second kappa shape index (κ2) is 5.03. The third kappa shape index (κ3) is 2.59. The van der Waals surface area contributed by atoms with Crippen LogP contribution in [0.25, 0.3) is 0 Å². The largest absolute Gasteiger partial charge is 0.445 e. The van der Waals surface area contributed by atoms with Crippen molar-refractivity contribution in [1.82, 2.24) is 4.90 Å². The molecule has 6 nitrogen and oxygen atoms in total. The summed E-state index contributed by atoms with van der Waals surface area (Å²) in [5, 5.41) is 9.77. The number of carbonyl (C=O) groups is 1.